The molecule has 0 amide bonds. The maximum atomic E-state index is 14.1. The van der Waals surface area contributed by atoms with Gasteiger partial charge < -0.3 is 58.9 Å². The van der Waals surface area contributed by atoms with Crippen LogP contribution in [0.15, 0.2) is 0 Å². The van der Waals surface area contributed by atoms with Crippen LogP contribution in [0.25, 0.3) is 0 Å². The van der Waals surface area contributed by atoms with E-state index >= 15 is 0 Å². The summed E-state index contributed by atoms with van der Waals surface area (Å²) in [5.41, 5.74) is -4.84. The second kappa shape index (κ2) is 17.0. The van der Waals surface area contributed by atoms with Crippen molar-refractivity contribution in [1.82, 2.24) is 4.90 Å². The Bertz CT molecular complexity index is 1170. The highest BCUT2D eigenvalue weighted by Crippen LogP contribution is 2.40. The van der Waals surface area contributed by atoms with E-state index in [4.69, 9.17) is 28.4 Å². The predicted octanol–water partition coefficient (Wildman–Crippen LogP) is 1.79. The quantitative estimate of drug-likeness (QED) is 0.238. The van der Waals surface area contributed by atoms with E-state index in [1.165, 1.54) is 27.9 Å². The highest BCUT2D eigenvalue weighted by Gasteiger charge is 2.53. The molecule has 3 heterocycles. The van der Waals surface area contributed by atoms with Crippen LogP contribution in [-0.4, -0.2) is 148 Å². The normalized spacial score (nSPS) is 49.7. The Morgan fingerprint density at radius 1 is 0.882 bits per heavy atom. The second-order valence-electron chi connectivity index (χ2n) is 16.5. The maximum absolute atomic E-state index is 14.1. The van der Waals surface area contributed by atoms with Gasteiger partial charge in [-0.3, -0.25) is 9.59 Å². The summed E-state index contributed by atoms with van der Waals surface area (Å²) < 4.78 is 37.1. The summed E-state index contributed by atoms with van der Waals surface area (Å²) in [6.07, 6.45) is -9.71. The van der Waals surface area contributed by atoms with Gasteiger partial charge in [-0.15, -0.1) is 0 Å². The molecule has 5 N–H and O–H groups in total. The first-order chi connectivity index (χ1) is 23.4. The number of carbonyl (C=O) groups excluding carboxylic acids is 2. The zero-order chi connectivity index (χ0) is 39.0. The number of cyclic esters (lactones) is 1. The van der Waals surface area contributed by atoms with Crippen molar-refractivity contribution in [3.05, 3.63) is 0 Å². The molecule has 0 bridgehead atoms. The molecular weight excluding hydrogens is 666 g/mol. The molecule has 3 fully saturated rings. The highest BCUT2D eigenvalue weighted by atomic mass is 16.7. The zero-order valence-electron chi connectivity index (χ0n) is 32.9. The van der Waals surface area contributed by atoms with Gasteiger partial charge in [-0.25, -0.2) is 0 Å². The van der Waals surface area contributed by atoms with E-state index in [1.807, 2.05) is 25.9 Å². The lowest BCUT2D eigenvalue weighted by Gasteiger charge is -2.49. The monoisotopic (exact) mass is 733 g/mol. The van der Waals surface area contributed by atoms with E-state index in [2.05, 4.69) is 0 Å². The maximum Gasteiger partial charge on any atom is 0.311 e. The third-order valence-electron chi connectivity index (χ3n) is 11.8. The number of ether oxygens (including phenoxy) is 6. The van der Waals surface area contributed by atoms with E-state index in [1.54, 1.807) is 41.5 Å². The number of esters is 1. The van der Waals surface area contributed by atoms with E-state index < -0.39 is 108 Å². The van der Waals surface area contributed by atoms with Crippen molar-refractivity contribution < 1.29 is 63.5 Å². The lowest BCUT2D eigenvalue weighted by atomic mass is 9.74. The zero-order valence-corrected chi connectivity index (χ0v) is 32.9. The Kier molecular flexibility index (Phi) is 14.7. The molecule has 0 saturated carbocycles. The van der Waals surface area contributed by atoms with Gasteiger partial charge in [0, 0.05) is 37.3 Å². The minimum absolute atomic E-state index is 0.0936. The van der Waals surface area contributed by atoms with Crippen LogP contribution in [0.1, 0.15) is 94.9 Å². The van der Waals surface area contributed by atoms with Crippen molar-refractivity contribution in [1.29, 1.82) is 0 Å². The van der Waals surface area contributed by atoms with Gasteiger partial charge in [0.25, 0.3) is 0 Å². The van der Waals surface area contributed by atoms with Crippen molar-refractivity contribution in [2.24, 2.45) is 23.7 Å². The van der Waals surface area contributed by atoms with Gasteiger partial charge in [-0.2, -0.15) is 0 Å². The number of ketones is 1. The van der Waals surface area contributed by atoms with E-state index in [9.17, 15) is 35.1 Å². The van der Waals surface area contributed by atoms with Gasteiger partial charge in [0.2, 0.25) is 0 Å². The highest BCUT2D eigenvalue weighted by molar-refractivity contribution is 5.83. The molecule has 3 aliphatic rings. The van der Waals surface area contributed by atoms with Crippen LogP contribution in [0.2, 0.25) is 0 Å². The Hall–Kier alpha value is -1.30. The summed E-state index contributed by atoms with van der Waals surface area (Å²) in [5.74, 6) is -4.98. The molecule has 0 spiro atoms. The minimum atomic E-state index is -1.99. The van der Waals surface area contributed by atoms with Crippen molar-refractivity contribution in [3.63, 3.8) is 0 Å². The van der Waals surface area contributed by atoms with Gasteiger partial charge in [0.15, 0.2) is 12.6 Å². The summed E-state index contributed by atoms with van der Waals surface area (Å²) in [6.45, 7) is 16.3. The van der Waals surface area contributed by atoms with E-state index in [0.29, 0.717) is 6.42 Å². The smallest absolute Gasteiger partial charge is 0.311 e. The van der Waals surface area contributed by atoms with Gasteiger partial charge in [0.1, 0.15) is 29.7 Å². The summed E-state index contributed by atoms with van der Waals surface area (Å²) in [5, 5.41) is 57.6. The number of hydrogen-bond donors (Lipinski definition) is 5. The molecule has 8 unspecified atom stereocenters. The first kappa shape index (κ1) is 44.1. The lowest BCUT2D eigenvalue weighted by Crippen LogP contribution is -2.61. The number of aliphatic hydroxyl groups excluding tert-OH is 3. The summed E-state index contributed by atoms with van der Waals surface area (Å²) >= 11 is 0. The SMILES string of the molecule is CCC1OC(=O)C(C)C(O[C@H]2C[C@@](C)(OC)[C@@H](O)C(C)O2)C(C)[C@@H](OC2OC(C)CC(N(C)C)[C@H]2O)[C@@](C)(O)C[C@@H](C)C(=O)[C@H](C)[C@@H](O)[C@]1(C)O. The van der Waals surface area contributed by atoms with Crippen molar-refractivity contribution >= 4 is 11.8 Å². The Morgan fingerprint density at radius 3 is 2.04 bits per heavy atom. The van der Waals surface area contributed by atoms with Crippen LogP contribution in [0.5, 0.6) is 0 Å². The largest absolute Gasteiger partial charge is 0.459 e. The standard InChI is InChI=1S/C37H67NO13/c1-14-25-37(10,45)30(41)20(4)27(39)18(2)16-35(8,44)32(51-34-28(40)24(38(11)12)15-19(3)47-34)21(5)29(22(6)33(43)49-25)50-26-17-36(9,46-13)31(42)23(7)48-26/h18-26,28-32,34,40-42,44-45H,14-17H2,1-13H3/t18-,19?,20+,21?,22?,23?,24?,25?,26+,28-,29?,30-,31+,32-,34?,35+,36-,37-/m1/s1. The Morgan fingerprint density at radius 2 is 1.49 bits per heavy atom. The van der Waals surface area contributed by atoms with Crippen LogP contribution >= 0.6 is 0 Å². The summed E-state index contributed by atoms with van der Waals surface area (Å²) in [4.78, 5) is 29.8. The Labute approximate surface area is 304 Å². The topological polar surface area (TPSA) is 194 Å². The summed E-state index contributed by atoms with van der Waals surface area (Å²) in [6, 6.07) is -0.324. The lowest BCUT2D eigenvalue weighted by molar-refractivity contribution is -0.318. The number of carbonyl (C=O) groups is 2. The number of nitrogens with zero attached hydrogens (tertiary/aromatic N) is 1. The van der Waals surface area contributed by atoms with Crippen LogP contribution in [0.3, 0.4) is 0 Å². The molecule has 3 aliphatic heterocycles. The average Bonchev–Trinajstić information content (AvgIpc) is 3.05. The average molecular weight is 734 g/mol. The molecule has 0 aromatic rings. The van der Waals surface area contributed by atoms with Crippen molar-refractivity contribution in [2.75, 3.05) is 21.2 Å². The molecule has 298 valence electrons. The molecule has 0 aromatic heterocycles. The second-order valence-corrected chi connectivity index (χ2v) is 16.5. The molecule has 3 rings (SSSR count). The Balaban J connectivity index is 2.18. The van der Waals surface area contributed by atoms with E-state index in [-0.39, 0.29) is 31.4 Å². The first-order valence-corrected chi connectivity index (χ1v) is 18.5. The fraction of sp³-hybridized carbons (Fsp3) is 0.946. The van der Waals surface area contributed by atoms with Crippen LogP contribution in [0, 0.1) is 23.7 Å². The molecule has 51 heavy (non-hydrogen) atoms. The minimum Gasteiger partial charge on any atom is -0.459 e. The van der Waals surface area contributed by atoms with Gasteiger partial charge in [-0.05, 0) is 74.9 Å². The number of aliphatic hydroxyl groups is 5. The fourth-order valence-corrected chi connectivity index (χ4v) is 8.41. The van der Waals surface area contributed by atoms with Crippen molar-refractivity contribution in [2.45, 2.75) is 179 Å². The number of likely N-dealkylation sites (N-methyl/N-ethyl adjacent to an activating group) is 1. The van der Waals surface area contributed by atoms with Crippen LogP contribution < -0.4 is 0 Å². The number of hydrogen-bond acceptors (Lipinski definition) is 14. The van der Waals surface area contributed by atoms with Gasteiger partial charge in [0.05, 0.1) is 47.6 Å². The van der Waals surface area contributed by atoms with Gasteiger partial charge in [-0.1, -0.05) is 27.7 Å². The van der Waals surface area contributed by atoms with Crippen LogP contribution in [0.4, 0.5) is 0 Å². The molecule has 3 saturated heterocycles. The fourth-order valence-electron chi connectivity index (χ4n) is 8.41. The molecule has 14 heteroatoms. The molecule has 14 nitrogen and oxygen atoms in total. The molecule has 0 aliphatic carbocycles. The molecule has 18 atom stereocenters. The first-order valence-electron chi connectivity index (χ1n) is 18.5. The molecule has 0 aromatic carbocycles. The number of methoxy groups -OCH3 is 1. The number of rotatable bonds is 7. The molecule has 0 radical (unpaired) electrons. The summed E-state index contributed by atoms with van der Waals surface area (Å²) in [7, 11) is 5.18. The van der Waals surface area contributed by atoms with Crippen molar-refractivity contribution in [3.8, 4) is 0 Å². The third kappa shape index (κ3) is 9.51. The number of Topliss-reactive ketones (excluding diaryl/α,β-unsaturated/α-hetero) is 1. The van der Waals surface area contributed by atoms with Gasteiger partial charge >= 0.3 is 5.97 Å². The predicted molar refractivity (Wildman–Crippen MR) is 186 cm³/mol. The third-order valence-corrected chi connectivity index (χ3v) is 11.8. The van der Waals surface area contributed by atoms with E-state index in [0.717, 1.165) is 0 Å². The molecular formula is C37H67NO13. The van der Waals surface area contributed by atoms with Crippen LogP contribution in [-0.2, 0) is 38.0 Å².